The van der Waals surface area contributed by atoms with Gasteiger partial charge in [-0.15, -0.1) is 0 Å². The fourth-order valence-electron chi connectivity index (χ4n) is 2.10. The van der Waals surface area contributed by atoms with Crippen LogP contribution < -0.4 is 5.32 Å². The maximum atomic E-state index is 12.9. The number of carbonyl (C=O) groups excluding carboxylic acids is 1. The molecule has 0 aliphatic rings. The zero-order valence-electron chi connectivity index (χ0n) is 12.8. The molecule has 0 bridgehead atoms. The van der Waals surface area contributed by atoms with Crippen molar-refractivity contribution < 1.29 is 13.6 Å². The summed E-state index contributed by atoms with van der Waals surface area (Å²) in [6, 6.07) is 5.90. The third-order valence-corrected chi connectivity index (χ3v) is 4.37. The van der Waals surface area contributed by atoms with Crippen LogP contribution in [-0.4, -0.2) is 27.6 Å². The van der Waals surface area contributed by atoms with Crippen molar-refractivity contribution >= 4 is 21.8 Å². The minimum absolute atomic E-state index is 0.270. The van der Waals surface area contributed by atoms with Gasteiger partial charge in [0.15, 0.2) is 5.69 Å². The van der Waals surface area contributed by atoms with Crippen LogP contribution in [0.15, 0.2) is 39.4 Å². The lowest BCUT2D eigenvalue weighted by atomic mass is 10.2. The van der Waals surface area contributed by atoms with E-state index in [0.29, 0.717) is 40.3 Å². The first-order chi connectivity index (χ1) is 11.5. The number of benzene rings is 1. The number of aromatic amines is 1. The van der Waals surface area contributed by atoms with Gasteiger partial charge in [-0.05, 0) is 47.1 Å². The Hall–Kier alpha value is -2.48. The molecule has 124 valence electrons. The summed E-state index contributed by atoms with van der Waals surface area (Å²) >= 11 is 3.31. The first kappa shape index (κ1) is 16.4. The highest BCUT2D eigenvalue weighted by Gasteiger charge is 2.15. The Bertz CT molecular complexity index is 857. The summed E-state index contributed by atoms with van der Waals surface area (Å²) in [5, 5.41) is 9.46. The Kier molecular flexibility index (Phi) is 4.75. The Morgan fingerprint density at radius 1 is 1.38 bits per heavy atom. The second kappa shape index (κ2) is 6.96. The molecule has 3 aromatic rings. The van der Waals surface area contributed by atoms with Crippen LogP contribution in [0.25, 0.3) is 11.5 Å². The van der Waals surface area contributed by atoms with E-state index >= 15 is 0 Å². The maximum absolute atomic E-state index is 12.9. The van der Waals surface area contributed by atoms with E-state index in [1.54, 1.807) is 12.1 Å². The zero-order valence-corrected chi connectivity index (χ0v) is 14.4. The van der Waals surface area contributed by atoms with Gasteiger partial charge in [0.2, 0.25) is 5.89 Å². The van der Waals surface area contributed by atoms with Gasteiger partial charge in [0.25, 0.3) is 5.91 Å². The molecule has 24 heavy (non-hydrogen) atoms. The highest BCUT2D eigenvalue weighted by molar-refractivity contribution is 9.10. The van der Waals surface area contributed by atoms with E-state index in [-0.39, 0.29) is 11.7 Å². The molecule has 1 aromatic carbocycles. The molecule has 0 saturated carbocycles. The Balaban J connectivity index is 1.57. The topological polar surface area (TPSA) is 83.8 Å². The zero-order chi connectivity index (χ0) is 17.1. The van der Waals surface area contributed by atoms with Crippen LogP contribution in [0.3, 0.4) is 0 Å². The lowest BCUT2D eigenvalue weighted by Gasteiger charge is -2.01. The molecule has 2 heterocycles. The normalized spacial score (nSPS) is 10.8. The Labute approximate surface area is 145 Å². The predicted molar refractivity (Wildman–Crippen MR) is 89.0 cm³/mol. The molecular weight excluding hydrogens is 379 g/mol. The molecule has 3 rings (SSSR count). The number of oxazole rings is 1. The van der Waals surface area contributed by atoms with Crippen LogP contribution in [0.1, 0.15) is 21.9 Å². The molecule has 0 spiro atoms. The fourth-order valence-corrected chi connectivity index (χ4v) is 2.46. The molecule has 2 N–H and O–H groups in total. The number of hydrogen-bond donors (Lipinski definition) is 2. The van der Waals surface area contributed by atoms with Crippen LogP contribution in [0.4, 0.5) is 4.39 Å². The lowest BCUT2D eigenvalue weighted by Crippen LogP contribution is -2.26. The number of hydrogen-bond acceptors (Lipinski definition) is 4. The number of H-pyrrole nitrogens is 1. The highest BCUT2D eigenvalue weighted by atomic mass is 79.9. The van der Waals surface area contributed by atoms with Crippen molar-refractivity contribution in [3.8, 4) is 11.5 Å². The molecule has 0 aliphatic carbocycles. The summed E-state index contributed by atoms with van der Waals surface area (Å²) in [6.45, 7) is 2.22. The van der Waals surface area contributed by atoms with Gasteiger partial charge >= 0.3 is 0 Å². The van der Waals surface area contributed by atoms with Crippen LogP contribution >= 0.6 is 15.9 Å². The van der Waals surface area contributed by atoms with Crippen LogP contribution in [0.2, 0.25) is 0 Å². The third kappa shape index (κ3) is 3.53. The van der Waals surface area contributed by atoms with E-state index in [1.165, 1.54) is 18.4 Å². The summed E-state index contributed by atoms with van der Waals surface area (Å²) < 4.78 is 19.0. The number of nitrogens with zero attached hydrogens (tertiary/aromatic N) is 2. The first-order valence-corrected chi connectivity index (χ1v) is 8.03. The number of aryl methyl sites for hydroxylation is 1. The average Bonchev–Trinajstić information content (AvgIpc) is 3.16. The molecule has 0 saturated heterocycles. The molecule has 0 unspecified atom stereocenters. The van der Waals surface area contributed by atoms with Crippen molar-refractivity contribution in [2.24, 2.45) is 0 Å². The summed E-state index contributed by atoms with van der Waals surface area (Å²) in [5.41, 5.74) is 2.51. The number of rotatable bonds is 5. The van der Waals surface area contributed by atoms with Crippen molar-refractivity contribution in [1.82, 2.24) is 20.5 Å². The number of halogens is 2. The van der Waals surface area contributed by atoms with Gasteiger partial charge in [-0.1, -0.05) is 0 Å². The van der Waals surface area contributed by atoms with Crippen LogP contribution in [0.5, 0.6) is 0 Å². The standard InChI is InChI=1S/C16H14BrFN4O2/c1-9-13(17)14(22-21-9)15(23)19-7-6-12-8-24-16(20-12)10-2-4-11(18)5-3-10/h2-5,8H,6-7H2,1H3,(H,19,23)(H,21,22). The van der Waals surface area contributed by atoms with Crippen molar-refractivity contribution in [1.29, 1.82) is 0 Å². The molecule has 2 aromatic heterocycles. The first-order valence-electron chi connectivity index (χ1n) is 7.23. The number of nitrogens with one attached hydrogen (secondary N) is 2. The predicted octanol–water partition coefficient (Wildman–Crippen LogP) is 3.25. The van der Waals surface area contributed by atoms with Gasteiger partial charge < -0.3 is 9.73 Å². The van der Waals surface area contributed by atoms with Gasteiger partial charge in [0, 0.05) is 24.2 Å². The average molecular weight is 393 g/mol. The largest absolute Gasteiger partial charge is 0.444 e. The minimum Gasteiger partial charge on any atom is -0.444 e. The van der Waals surface area contributed by atoms with E-state index in [0.717, 1.165) is 5.69 Å². The maximum Gasteiger partial charge on any atom is 0.272 e. The molecule has 0 aliphatic heterocycles. The van der Waals surface area contributed by atoms with Gasteiger partial charge in [-0.2, -0.15) is 5.10 Å². The van der Waals surface area contributed by atoms with Gasteiger partial charge in [0.05, 0.1) is 10.2 Å². The molecule has 6 nitrogen and oxygen atoms in total. The van der Waals surface area contributed by atoms with Crippen molar-refractivity contribution in [3.63, 3.8) is 0 Å². The number of carbonyl (C=O) groups is 1. The Morgan fingerprint density at radius 3 is 2.79 bits per heavy atom. The third-order valence-electron chi connectivity index (χ3n) is 3.40. The second-order valence-electron chi connectivity index (χ2n) is 5.17. The fraction of sp³-hybridized carbons (Fsp3) is 0.188. The van der Waals surface area contributed by atoms with E-state index < -0.39 is 0 Å². The van der Waals surface area contributed by atoms with E-state index in [1.807, 2.05) is 6.92 Å². The summed E-state index contributed by atoms with van der Waals surface area (Å²) in [6.07, 6.45) is 2.04. The van der Waals surface area contributed by atoms with Crippen molar-refractivity contribution in [2.45, 2.75) is 13.3 Å². The lowest BCUT2D eigenvalue weighted by molar-refractivity contribution is 0.0948. The summed E-state index contributed by atoms with van der Waals surface area (Å²) in [5.74, 6) is -0.163. The molecular formula is C16H14BrFN4O2. The molecule has 8 heteroatoms. The summed E-state index contributed by atoms with van der Waals surface area (Å²) in [4.78, 5) is 16.4. The SMILES string of the molecule is Cc1[nH]nc(C(=O)NCCc2coc(-c3ccc(F)cc3)n2)c1Br. The summed E-state index contributed by atoms with van der Waals surface area (Å²) in [7, 11) is 0. The molecule has 0 fully saturated rings. The molecule has 1 amide bonds. The number of amides is 1. The van der Waals surface area contributed by atoms with Crippen molar-refractivity contribution in [2.75, 3.05) is 6.54 Å². The van der Waals surface area contributed by atoms with Crippen molar-refractivity contribution in [3.05, 3.63) is 57.9 Å². The van der Waals surface area contributed by atoms with Crippen LogP contribution in [0, 0.1) is 12.7 Å². The monoisotopic (exact) mass is 392 g/mol. The quantitative estimate of drug-likeness (QED) is 0.697. The smallest absolute Gasteiger partial charge is 0.272 e. The Morgan fingerprint density at radius 2 is 2.12 bits per heavy atom. The van der Waals surface area contributed by atoms with E-state index in [2.05, 4.69) is 36.4 Å². The highest BCUT2D eigenvalue weighted by Crippen LogP contribution is 2.19. The minimum atomic E-state index is -0.312. The molecule has 0 atom stereocenters. The van der Waals surface area contributed by atoms with E-state index in [9.17, 15) is 9.18 Å². The second-order valence-corrected chi connectivity index (χ2v) is 5.96. The van der Waals surface area contributed by atoms with E-state index in [4.69, 9.17) is 4.42 Å². The molecule has 0 radical (unpaired) electrons. The number of aromatic nitrogens is 3. The van der Waals surface area contributed by atoms with Gasteiger partial charge in [-0.25, -0.2) is 9.37 Å². The van der Waals surface area contributed by atoms with Crippen LogP contribution in [-0.2, 0) is 6.42 Å². The van der Waals surface area contributed by atoms with Gasteiger partial charge in [-0.3, -0.25) is 9.89 Å². The van der Waals surface area contributed by atoms with Gasteiger partial charge in [0.1, 0.15) is 12.1 Å².